The molecule has 6 nitrogen and oxygen atoms in total. The predicted octanol–water partition coefficient (Wildman–Crippen LogP) is 4.87. The Bertz CT molecular complexity index is 984. The zero-order valence-corrected chi connectivity index (χ0v) is 14.6. The maximum absolute atomic E-state index is 12.5. The Morgan fingerprint density at radius 3 is 2.72 bits per heavy atom. The summed E-state index contributed by atoms with van der Waals surface area (Å²) in [5.41, 5.74) is 1.51. The molecular formula is C17H13Cl2N3O3. The Morgan fingerprint density at radius 2 is 2.00 bits per heavy atom. The molecule has 1 unspecified atom stereocenters. The smallest absolute Gasteiger partial charge is 0.269 e. The van der Waals surface area contributed by atoms with Gasteiger partial charge in [-0.3, -0.25) is 14.9 Å². The molecule has 3 aromatic rings. The highest BCUT2D eigenvalue weighted by molar-refractivity contribution is 6.39. The van der Waals surface area contributed by atoms with Gasteiger partial charge in [0.2, 0.25) is 0 Å². The third kappa shape index (κ3) is 3.45. The molecule has 0 saturated carbocycles. The van der Waals surface area contributed by atoms with Crippen molar-refractivity contribution in [2.45, 2.75) is 13.0 Å². The van der Waals surface area contributed by atoms with Crippen LogP contribution in [0.1, 0.15) is 29.0 Å². The predicted molar refractivity (Wildman–Crippen MR) is 97.3 cm³/mol. The summed E-state index contributed by atoms with van der Waals surface area (Å²) in [6.45, 7) is 1.74. The van der Waals surface area contributed by atoms with Gasteiger partial charge in [-0.1, -0.05) is 35.3 Å². The van der Waals surface area contributed by atoms with Gasteiger partial charge in [-0.15, -0.1) is 0 Å². The minimum absolute atomic E-state index is 0.0307. The lowest BCUT2D eigenvalue weighted by molar-refractivity contribution is -0.384. The molecule has 3 rings (SSSR count). The van der Waals surface area contributed by atoms with E-state index in [0.29, 0.717) is 21.5 Å². The molecule has 8 heteroatoms. The Morgan fingerprint density at radius 1 is 1.24 bits per heavy atom. The molecule has 0 bridgehead atoms. The number of hydrogen-bond acceptors (Lipinski definition) is 3. The second-order valence-corrected chi connectivity index (χ2v) is 6.37. The molecule has 1 heterocycles. The number of aromatic amines is 1. The quantitative estimate of drug-likeness (QED) is 0.501. The second-order valence-electron chi connectivity index (χ2n) is 5.55. The molecule has 0 radical (unpaired) electrons. The topological polar surface area (TPSA) is 88.0 Å². The molecule has 0 spiro atoms. The minimum Gasteiger partial charge on any atom is -0.349 e. The van der Waals surface area contributed by atoms with Gasteiger partial charge in [0.15, 0.2) is 0 Å². The van der Waals surface area contributed by atoms with E-state index in [-0.39, 0.29) is 16.4 Å². The Balaban J connectivity index is 1.86. The number of non-ortho nitro benzene ring substituents is 1. The van der Waals surface area contributed by atoms with Crippen molar-refractivity contribution >= 4 is 45.7 Å². The average Bonchev–Trinajstić information content (AvgIpc) is 2.91. The number of rotatable bonds is 4. The van der Waals surface area contributed by atoms with Crippen molar-refractivity contribution in [2.75, 3.05) is 0 Å². The first-order valence-electron chi connectivity index (χ1n) is 7.38. The van der Waals surface area contributed by atoms with E-state index < -0.39 is 16.9 Å². The number of nitro groups is 1. The van der Waals surface area contributed by atoms with Gasteiger partial charge in [-0.2, -0.15) is 0 Å². The zero-order chi connectivity index (χ0) is 18.1. The molecule has 0 aliphatic heterocycles. The lowest BCUT2D eigenvalue weighted by Gasteiger charge is -2.13. The first-order chi connectivity index (χ1) is 11.9. The summed E-state index contributed by atoms with van der Waals surface area (Å²) in [4.78, 5) is 25.9. The van der Waals surface area contributed by atoms with Crippen molar-refractivity contribution in [1.82, 2.24) is 10.3 Å². The van der Waals surface area contributed by atoms with Crippen molar-refractivity contribution in [2.24, 2.45) is 0 Å². The molecule has 2 N–H and O–H groups in total. The van der Waals surface area contributed by atoms with Crippen LogP contribution < -0.4 is 5.32 Å². The third-order valence-corrected chi connectivity index (χ3v) is 4.48. The van der Waals surface area contributed by atoms with Gasteiger partial charge >= 0.3 is 0 Å². The van der Waals surface area contributed by atoms with Crippen molar-refractivity contribution in [3.05, 3.63) is 73.9 Å². The van der Waals surface area contributed by atoms with Crippen LogP contribution in [0, 0.1) is 10.1 Å². The van der Waals surface area contributed by atoms with E-state index in [0.717, 1.165) is 0 Å². The van der Waals surface area contributed by atoms with Gasteiger partial charge in [0.1, 0.15) is 5.69 Å². The van der Waals surface area contributed by atoms with Crippen LogP contribution in [-0.4, -0.2) is 15.8 Å². The van der Waals surface area contributed by atoms with Gasteiger partial charge in [-0.05, 0) is 30.7 Å². The first kappa shape index (κ1) is 17.3. The van der Waals surface area contributed by atoms with E-state index in [1.54, 1.807) is 37.3 Å². The summed E-state index contributed by atoms with van der Waals surface area (Å²) in [5, 5.41) is 15.1. The fourth-order valence-electron chi connectivity index (χ4n) is 2.55. The molecule has 128 valence electrons. The largest absolute Gasteiger partial charge is 0.349 e. The Kier molecular flexibility index (Phi) is 4.65. The molecule has 1 aromatic heterocycles. The molecule has 0 aliphatic carbocycles. The van der Waals surface area contributed by atoms with Crippen LogP contribution in [0.15, 0.2) is 42.5 Å². The maximum atomic E-state index is 12.5. The Hall–Kier alpha value is -2.57. The average molecular weight is 378 g/mol. The summed E-state index contributed by atoms with van der Waals surface area (Å²) in [6.07, 6.45) is 0. The molecule has 1 amide bonds. The maximum Gasteiger partial charge on any atom is 0.269 e. The van der Waals surface area contributed by atoms with Crippen molar-refractivity contribution in [3.63, 3.8) is 0 Å². The fourth-order valence-corrected chi connectivity index (χ4v) is 3.01. The van der Waals surface area contributed by atoms with Gasteiger partial charge in [0, 0.05) is 28.1 Å². The van der Waals surface area contributed by atoms with Crippen molar-refractivity contribution < 1.29 is 9.72 Å². The number of fused-ring (bicyclic) bond motifs is 1. The summed E-state index contributed by atoms with van der Waals surface area (Å²) >= 11 is 12.2. The third-order valence-electron chi connectivity index (χ3n) is 3.85. The van der Waals surface area contributed by atoms with Crippen LogP contribution >= 0.6 is 23.2 Å². The summed E-state index contributed by atoms with van der Waals surface area (Å²) in [5.74, 6) is -0.406. The number of nitro benzene ring substituents is 1. The highest BCUT2D eigenvalue weighted by atomic mass is 35.5. The number of amides is 1. The number of halogens is 2. The van der Waals surface area contributed by atoms with E-state index >= 15 is 0 Å². The fraction of sp³-hybridized carbons (Fsp3) is 0.118. The van der Waals surface area contributed by atoms with Crippen LogP contribution in [0.5, 0.6) is 0 Å². The minimum atomic E-state index is -0.476. The monoisotopic (exact) mass is 377 g/mol. The van der Waals surface area contributed by atoms with E-state index in [4.69, 9.17) is 23.2 Å². The van der Waals surface area contributed by atoms with Crippen LogP contribution in [0.25, 0.3) is 10.9 Å². The summed E-state index contributed by atoms with van der Waals surface area (Å²) < 4.78 is 0. The number of carbonyl (C=O) groups is 1. The highest BCUT2D eigenvalue weighted by Crippen LogP contribution is 2.30. The van der Waals surface area contributed by atoms with Crippen LogP contribution in [0.2, 0.25) is 10.0 Å². The summed E-state index contributed by atoms with van der Waals surface area (Å²) in [6, 6.07) is 10.8. The van der Waals surface area contributed by atoms with Gasteiger partial charge in [-0.25, -0.2) is 0 Å². The molecule has 0 aliphatic rings. The number of aromatic nitrogens is 1. The number of nitrogens with zero attached hydrogens (tertiary/aromatic N) is 1. The number of nitrogens with one attached hydrogen (secondary N) is 2. The van der Waals surface area contributed by atoms with Crippen molar-refractivity contribution in [3.8, 4) is 0 Å². The molecule has 2 aromatic carbocycles. The van der Waals surface area contributed by atoms with Gasteiger partial charge in [0.25, 0.3) is 11.6 Å². The van der Waals surface area contributed by atoms with Crippen LogP contribution in [0.3, 0.4) is 0 Å². The van der Waals surface area contributed by atoms with E-state index in [9.17, 15) is 14.9 Å². The molecule has 1 atom stereocenters. The lowest BCUT2D eigenvalue weighted by atomic mass is 10.1. The normalized spacial score (nSPS) is 12.1. The molecule has 0 fully saturated rings. The zero-order valence-electron chi connectivity index (χ0n) is 13.0. The lowest BCUT2D eigenvalue weighted by Crippen LogP contribution is -2.27. The van der Waals surface area contributed by atoms with E-state index in [2.05, 4.69) is 10.3 Å². The molecular weight excluding hydrogens is 365 g/mol. The van der Waals surface area contributed by atoms with Gasteiger partial charge in [0.05, 0.1) is 16.0 Å². The van der Waals surface area contributed by atoms with Crippen LogP contribution in [-0.2, 0) is 0 Å². The number of carbonyl (C=O) groups excluding carboxylic acids is 1. The Labute approximate surface area is 152 Å². The highest BCUT2D eigenvalue weighted by Gasteiger charge is 2.19. The van der Waals surface area contributed by atoms with Crippen LogP contribution in [0.4, 0.5) is 5.69 Å². The SMILES string of the molecule is CC(NC(=O)c1[nH]c2ccc(Cl)cc2c1Cl)c1cccc([N+](=O)[O-])c1. The van der Waals surface area contributed by atoms with Crippen molar-refractivity contribution in [1.29, 1.82) is 0 Å². The second kappa shape index (κ2) is 6.74. The molecule has 25 heavy (non-hydrogen) atoms. The number of benzene rings is 2. The number of H-pyrrole nitrogens is 1. The van der Waals surface area contributed by atoms with E-state index in [1.807, 2.05) is 0 Å². The number of hydrogen-bond donors (Lipinski definition) is 2. The van der Waals surface area contributed by atoms with Gasteiger partial charge < -0.3 is 10.3 Å². The van der Waals surface area contributed by atoms with E-state index in [1.165, 1.54) is 12.1 Å². The summed E-state index contributed by atoms with van der Waals surface area (Å²) in [7, 11) is 0. The molecule has 0 saturated heterocycles. The standard InChI is InChI=1S/C17H13Cl2N3O3/c1-9(10-3-2-4-12(7-10)22(24)25)20-17(23)16-15(19)13-8-11(18)5-6-14(13)21-16/h2-9,21H,1H3,(H,20,23). The first-order valence-corrected chi connectivity index (χ1v) is 8.14.